The Labute approximate surface area is 168 Å². The summed E-state index contributed by atoms with van der Waals surface area (Å²) in [7, 11) is 0. The van der Waals surface area contributed by atoms with Gasteiger partial charge in [0.2, 0.25) is 0 Å². The Bertz CT molecular complexity index is 1110. The molecule has 1 atom stereocenters. The van der Waals surface area contributed by atoms with E-state index in [2.05, 4.69) is 10.2 Å². The molecular weight excluding hydrogens is 366 g/mol. The quantitative estimate of drug-likeness (QED) is 0.696. The maximum atomic E-state index is 12.8. The number of rotatable bonds is 2. The van der Waals surface area contributed by atoms with Gasteiger partial charge in [-0.3, -0.25) is 4.79 Å². The predicted molar refractivity (Wildman–Crippen MR) is 112 cm³/mol. The van der Waals surface area contributed by atoms with Crippen molar-refractivity contribution >= 4 is 17.4 Å². The fraction of sp³-hybridized carbons (Fsp3) is 0.217. The van der Waals surface area contributed by atoms with E-state index >= 15 is 0 Å². The minimum absolute atomic E-state index is 0.204. The molecule has 2 aliphatic heterocycles. The normalized spacial score (nSPS) is 17.8. The van der Waals surface area contributed by atoms with Crippen LogP contribution in [0.4, 0.5) is 11.5 Å². The molecule has 3 heterocycles. The highest BCUT2D eigenvalue weighted by atomic mass is 16.5. The first kappa shape index (κ1) is 17.7. The number of nitrogens with one attached hydrogen (secondary N) is 1. The first-order valence-corrected chi connectivity index (χ1v) is 9.71. The minimum Gasteiger partial charge on any atom is -0.454 e. The zero-order valence-corrected chi connectivity index (χ0v) is 16.1. The van der Waals surface area contributed by atoms with Gasteiger partial charge in [0, 0.05) is 18.7 Å². The standard InChI is InChI=1S/C23H21N3O3/c1-14-5-7-21-19(11-14)25-23(28)17-12-15(6-8-20(17)29-21)18-3-2-4-22(24-18)26-10-9-16(27)13-26/h2-8,11-12,16,27H,9-10,13H2,1H3,(H,25,28)/t16-/m0/s1. The molecule has 0 unspecified atom stereocenters. The summed E-state index contributed by atoms with van der Waals surface area (Å²) in [5.74, 6) is 1.78. The van der Waals surface area contributed by atoms with E-state index in [1.165, 1.54) is 0 Å². The van der Waals surface area contributed by atoms with Crippen LogP contribution < -0.4 is 15.0 Å². The summed E-state index contributed by atoms with van der Waals surface area (Å²) in [6.45, 7) is 3.35. The monoisotopic (exact) mass is 387 g/mol. The number of anilines is 2. The van der Waals surface area contributed by atoms with Crippen molar-refractivity contribution in [2.24, 2.45) is 0 Å². The molecule has 29 heavy (non-hydrogen) atoms. The first-order chi connectivity index (χ1) is 14.1. The Morgan fingerprint density at radius 2 is 2.00 bits per heavy atom. The lowest BCUT2D eigenvalue weighted by molar-refractivity contribution is 0.102. The summed E-state index contributed by atoms with van der Waals surface area (Å²) in [6.07, 6.45) is 0.446. The molecule has 1 saturated heterocycles. The van der Waals surface area contributed by atoms with Crippen molar-refractivity contribution < 1.29 is 14.6 Å². The zero-order chi connectivity index (χ0) is 20.0. The summed E-state index contributed by atoms with van der Waals surface area (Å²) < 4.78 is 6.00. The molecule has 2 aromatic carbocycles. The number of amides is 1. The Balaban J connectivity index is 1.50. The number of benzene rings is 2. The number of carbonyl (C=O) groups excluding carboxylic acids is 1. The summed E-state index contributed by atoms with van der Waals surface area (Å²) >= 11 is 0. The van der Waals surface area contributed by atoms with Crippen LogP contribution in [-0.2, 0) is 0 Å². The lowest BCUT2D eigenvalue weighted by Gasteiger charge is -2.17. The highest BCUT2D eigenvalue weighted by molar-refractivity contribution is 6.08. The topological polar surface area (TPSA) is 74.7 Å². The number of carbonyl (C=O) groups is 1. The van der Waals surface area contributed by atoms with E-state index in [1.807, 2.05) is 61.5 Å². The largest absolute Gasteiger partial charge is 0.454 e. The van der Waals surface area contributed by atoms with E-state index in [0.29, 0.717) is 29.3 Å². The van der Waals surface area contributed by atoms with Gasteiger partial charge in [0.05, 0.1) is 23.0 Å². The van der Waals surface area contributed by atoms with E-state index in [4.69, 9.17) is 9.72 Å². The third-order valence-electron chi connectivity index (χ3n) is 5.34. The molecule has 146 valence electrons. The number of aromatic nitrogens is 1. The maximum absolute atomic E-state index is 12.8. The molecule has 5 rings (SSSR count). The van der Waals surface area contributed by atoms with Gasteiger partial charge >= 0.3 is 0 Å². The van der Waals surface area contributed by atoms with Crippen LogP contribution in [0.25, 0.3) is 11.3 Å². The molecule has 0 aliphatic carbocycles. The smallest absolute Gasteiger partial charge is 0.259 e. The van der Waals surface area contributed by atoms with Gasteiger partial charge in [-0.2, -0.15) is 0 Å². The molecule has 1 aromatic heterocycles. The Morgan fingerprint density at radius 1 is 1.14 bits per heavy atom. The number of fused-ring (bicyclic) bond motifs is 2. The number of aliphatic hydroxyl groups is 1. The molecule has 6 nitrogen and oxygen atoms in total. The third kappa shape index (κ3) is 3.32. The number of hydrogen-bond donors (Lipinski definition) is 2. The summed E-state index contributed by atoms with van der Waals surface area (Å²) in [4.78, 5) is 19.7. The summed E-state index contributed by atoms with van der Waals surface area (Å²) in [5, 5.41) is 12.7. The third-order valence-corrected chi connectivity index (χ3v) is 5.34. The molecule has 0 saturated carbocycles. The van der Waals surface area contributed by atoms with Gasteiger partial charge in [0.25, 0.3) is 5.91 Å². The number of ether oxygens (including phenoxy) is 1. The number of aryl methyl sites for hydroxylation is 1. The van der Waals surface area contributed by atoms with Gasteiger partial charge in [-0.25, -0.2) is 4.98 Å². The SMILES string of the molecule is Cc1ccc2c(c1)NC(=O)c1cc(-c3cccc(N4CC[C@H](O)C4)n3)ccc1O2. The van der Waals surface area contributed by atoms with Crippen molar-refractivity contribution in [3.8, 4) is 22.8 Å². The van der Waals surface area contributed by atoms with Crippen LogP contribution in [0.2, 0.25) is 0 Å². The Morgan fingerprint density at radius 3 is 2.83 bits per heavy atom. The molecular formula is C23H21N3O3. The summed E-state index contributed by atoms with van der Waals surface area (Å²) in [5.41, 5.74) is 3.80. The van der Waals surface area contributed by atoms with Gasteiger partial charge in [-0.1, -0.05) is 12.1 Å². The van der Waals surface area contributed by atoms with E-state index in [0.717, 1.165) is 35.6 Å². The van der Waals surface area contributed by atoms with Crippen LogP contribution in [0.1, 0.15) is 22.3 Å². The molecule has 0 bridgehead atoms. The van der Waals surface area contributed by atoms with E-state index < -0.39 is 0 Å². The molecule has 0 spiro atoms. The average Bonchev–Trinajstić information content (AvgIpc) is 3.11. The molecule has 1 amide bonds. The molecule has 2 N–H and O–H groups in total. The van der Waals surface area contributed by atoms with Crippen LogP contribution in [0, 0.1) is 6.92 Å². The second kappa shape index (κ2) is 6.90. The van der Waals surface area contributed by atoms with Gasteiger partial charge in [-0.05, 0) is 61.4 Å². The fourth-order valence-corrected chi connectivity index (χ4v) is 3.80. The predicted octanol–water partition coefficient (Wildman–Crippen LogP) is 3.99. The molecule has 0 radical (unpaired) electrons. The van der Waals surface area contributed by atoms with Crippen LogP contribution >= 0.6 is 0 Å². The Hall–Kier alpha value is -3.38. The zero-order valence-electron chi connectivity index (χ0n) is 16.1. The number of β-amino-alcohol motifs (C(OH)–C–C–N with tert-alkyl or cyclic N) is 1. The van der Waals surface area contributed by atoms with Gasteiger partial charge < -0.3 is 20.1 Å². The van der Waals surface area contributed by atoms with Gasteiger partial charge in [0.1, 0.15) is 11.6 Å². The fourth-order valence-electron chi connectivity index (χ4n) is 3.80. The Kier molecular flexibility index (Phi) is 4.21. The first-order valence-electron chi connectivity index (χ1n) is 9.71. The second-order valence-corrected chi connectivity index (χ2v) is 7.54. The summed E-state index contributed by atoms with van der Waals surface area (Å²) in [6, 6.07) is 17.1. The van der Waals surface area contributed by atoms with Crippen LogP contribution in [0.15, 0.2) is 54.6 Å². The number of hydrogen-bond acceptors (Lipinski definition) is 5. The molecule has 6 heteroatoms. The van der Waals surface area contributed by atoms with Crippen LogP contribution in [-0.4, -0.2) is 35.2 Å². The maximum Gasteiger partial charge on any atom is 0.259 e. The highest BCUT2D eigenvalue weighted by Gasteiger charge is 2.23. The lowest BCUT2D eigenvalue weighted by atomic mass is 10.1. The number of nitrogens with zero attached hydrogens (tertiary/aromatic N) is 2. The average molecular weight is 387 g/mol. The molecule has 2 aliphatic rings. The van der Waals surface area contributed by atoms with E-state index in [1.54, 1.807) is 0 Å². The molecule has 1 fully saturated rings. The van der Waals surface area contributed by atoms with Crippen molar-refractivity contribution in [3.63, 3.8) is 0 Å². The number of pyridine rings is 1. The van der Waals surface area contributed by atoms with Crippen LogP contribution in [0.5, 0.6) is 11.5 Å². The van der Waals surface area contributed by atoms with Crippen LogP contribution in [0.3, 0.4) is 0 Å². The highest BCUT2D eigenvalue weighted by Crippen LogP contribution is 2.37. The van der Waals surface area contributed by atoms with E-state index in [-0.39, 0.29) is 12.0 Å². The van der Waals surface area contributed by atoms with Crippen molar-refractivity contribution in [1.29, 1.82) is 0 Å². The second-order valence-electron chi connectivity index (χ2n) is 7.54. The molecule has 3 aromatic rings. The van der Waals surface area contributed by atoms with Gasteiger partial charge in [-0.15, -0.1) is 0 Å². The number of aliphatic hydroxyl groups excluding tert-OH is 1. The van der Waals surface area contributed by atoms with Crippen molar-refractivity contribution in [2.45, 2.75) is 19.4 Å². The van der Waals surface area contributed by atoms with E-state index in [9.17, 15) is 9.90 Å². The van der Waals surface area contributed by atoms with Crippen molar-refractivity contribution in [2.75, 3.05) is 23.3 Å². The lowest BCUT2D eigenvalue weighted by Crippen LogP contribution is -2.22. The van der Waals surface area contributed by atoms with Crippen molar-refractivity contribution in [1.82, 2.24) is 4.98 Å². The van der Waals surface area contributed by atoms with Gasteiger partial charge in [0.15, 0.2) is 5.75 Å². The van der Waals surface area contributed by atoms with Crippen molar-refractivity contribution in [3.05, 3.63) is 65.7 Å². The minimum atomic E-state index is -0.306.